The smallest absolute Gasteiger partial charge is 0.337 e. The summed E-state index contributed by atoms with van der Waals surface area (Å²) in [6.07, 6.45) is -1.28. The second-order valence-electron chi connectivity index (χ2n) is 11.8. The average Bonchev–Trinajstić information content (AvgIpc) is 3.38. The minimum atomic E-state index is -1.16. The van der Waals surface area contributed by atoms with Crippen LogP contribution in [0.25, 0.3) is 21.3 Å². The lowest BCUT2D eigenvalue weighted by molar-refractivity contribution is -0.160. The SMILES string of the molecule is C=NN(C)c1ccc([C@@H]2CN(c3nc4cc(C)c([C@H](OC(C)(C)C)C(=O)O)c(-c5ccc(Cl)cc5)c4s3)CCO2)cc1C. The van der Waals surface area contributed by atoms with Crippen molar-refractivity contribution in [3.63, 3.8) is 0 Å². The molecule has 1 aliphatic rings. The molecular weight excluding hydrogens is 584 g/mol. The van der Waals surface area contributed by atoms with Crippen LogP contribution < -0.4 is 9.91 Å². The quantitative estimate of drug-likeness (QED) is 0.159. The molecule has 0 bridgehead atoms. The molecule has 0 unspecified atom stereocenters. The molecule has 5 rings (SSSR count). The Balaban J connectivity index is 1.58. The zero-order chi connectivity index (χ0) is 31.1. The van der Waals surface area contributed by atoms with Gasteiger partial charge in [-0.05, 0) is 81.1 Å². The van der Waals surface area contributed by atoms with Gasteiger partial charge in [-0.25, -0.2) is 9.78 Å². The first-order valence-corrected chi connectivity index (χ1v) is 15.3. The van der Waals surface area contributed by atoms with Crippen LogP contribution in [0.15, 0.2) is 53.6 Å². The van der Waals surface area contributed by atoms with Crippen LogP contribution in [0, 0.1) is 13.8 Å². The monoisotopic (exact) mass is 620 g/mol. The summed E-state index contributed by atoms with van der Waals surface area (Å²) in [6.45, 7) is 15.1. The number of benzene rings is 3. The maximum atomic E-state index is 12.6. The van der Waals surface area contributed by atoms with E-state index in [4.69, 9.17) is 26.1 Å². The summed E-state index contributed by atoms with van der Waals surface area (Å²) < 4.78 is 13.3. The van der Waals surface area contributed by atoms with E-state index in [9.17, 15) is 9.90 Å². The standard InChI is InChI=1S/C33H37ClN4O4S/c1-19-16-22(10-13-25(19)37(7)35-6)26-18-38(14-15-41-26)32-36-24-17-20(2)27(29(31(39)40)42-33(3,4)5)28(30(24)43-32)21-8-11-23(34)12-9-21/h8-13,16-17,26,29H,6,14-15,18H2,1-5,7H3,(H,39,40)/t26-,29-/m0/s1. The fraction of sp³-hybridized carbons (Fsp3) is 0.364. The lowest BCUT2D eigenvalue weighted by Crippen LogP contribution is -2.38. The number of aromatic nitrogens is 1. The number of nitrogens with zero attached hydrogens (tertiary/aromatic N) is 4. The Bertz CT molecular complexity index is 1660. The van der Waals surface area contributed by atoms with E-state index in [-0.39, 0.29) is 6.10 Å². The van der Waals surface area contributed by atoms with E-state index in [0.29, 0.717) is 30.3 Å². The molecule has 0 radical (unpaired) electrons. The number of carboxylic acid groups (broad SMARTS) is 1. The van der Waals surface area contributed by atoms with Crippen LogP contribution >= 0.6 is 22.9 Å². The third-order valence-electron chi connectivity index (χ3n) is 7.50. The summed E-state index contributed by atoms with van der Waals surface area (Å²) in [5, 5.41) is 17.6. The number of aliphatic carboxylic acids is 1. The number of anilines is 2. The number of ether oxygens (including phenoxy) is 2. The summed E-state index contributed by atoms with van der Waals surface area (Å²) >= 11 is 7.80. The van der Waals surface area contributed by atoms with Gasteiger partial charge in [0.05, 0.1) is 34.7 Å². The minimum Gasteiger partial charge on any atom is -0.479 e. The Hall–Kier alpha value is -3.50. The summed E-state index contributed by atoms with van der Waals surface area (Å²) in [5.74, 6) is -1.04. The highest BCUT2D eigenvalue weighted by atomic mass is 35.5. The summed E-state index contributed by atoms with van der Waals surface area (Å²) in [6, 6.07) is 15.7. The van der Waals surface area contributed by atoms with Gasteiger partial charge in [0.2, 0.25) is 0 Å². The predicted octanol–water partition coefficient (Wildman–Crippen LogP) is 7.80. The molecule has 4 aromatic rings. The number of hydrazone groups is 1. The number of hydrogen-bond acceptors (Lipinski definition) is 8. The molecule has 1 aliphatic heterocycles. The molecule has 1 aromatic heterocycles. The van der Waals surface area contributed by atoms with Crippen molar-refractivity contribution in [2.24, 2.45) is 5.10 Å². The van der Waals surface area contributed by atoms with Crippen LogP contribution in [-0.4, -0.2) is 55.1 Å². The van der Waals surface area contributed by atoms with E-state index in [2.05, 4.69) is 35.8 Å². The van der Waals surface area contributed by atoms with Crippen molar-refractivity contribution >= 4 is 56.7 Å². The van der Waals surface area contributed by atoms with E-state index in [1.807, 2.05) is 71.1 Å². The molecule has 2 heterocycles. The third-order valence-corrected chi connectivity index (χ3v) is 8.90. The first-order chi connectivity index (χ1) is 20.4. The lowest BCUT2D eigenvalue weighted by atomic mass is 9.91. The molecule has 0 aliphatic carbocycles. The topological polar surface area (TPSA) is 87.5 Å². The van der Waals surface area contributed by atoms with E-state index < -0.39 is 17.7 Å². The highest BCUT2D eigenvalue weighted by molar-refractivity contribution is 7.22. The van der Waals surface area contributed by atoms with Crippen LogP contribution in [0.4, 0.5) is 10.8 Å². The average molecular weight is 621 g/mol. The van der Waals surface area contributed by atoms with Crippen molar-refractivity contribution in [3.05, 3.63) is 75.8 Å². The Labute approximate surface area is 261 Å². The number of carbonyl (C=O) groups is 1. The Kier molecular flexibility index (Phi) is 8.81. The summed E-state index contributed by atoms with van der Waals surface area (Å²) in [4.78, 5) is 19.9. The number of thiazole rings is 1. The molecule has 0 amide bonds. The molecule has 2 atom stereocenters. The van der Waals surface area contributed by atoms with Crippen LogP contribution in [0.1, 0.15) is 55.2 Å². The van der Waals surface area contributed by atoms with Crippen LogP contribution in [-0.2, 0) is 14.3 Å². The molecular formula is C33H37ClN4O4S. The Morgan fingerprint density at radius 3 is 2.56 bits per heavy atom. The largest absolute Gasteiger partial charge is 0.479 e. The van der Waals surface area contributed by atoms with Gasteiger partial charge in [-0.2, -0.15) is 5.10 Å². The number of aryl methyl sites for hydroxylation is 2. The van der Waals surface area contributed by atoms with Crippen molar-refractivity contribution in [1.82, 2.24) is 4.98 Å². The predicted molar refractivity (Wildman–Crippen MR) is 176 cm³/mol. The lowest BCUT2D eigenvalue weighted by Gasteiger charge is -2.33. The Morgan fingerprint density at radius 1 is 1.21 bits per heavy atom. The molecule has 10 heteroatoms. The van der Waals surface area contributed by atoms with E-state index >= 15 is 0 Å². The third kappa shape index (κ3) is 6.55. The first-order valence-electron chi connectivity index (χ1n) is 14.1. The van der Waals surface area contributed by atoms with Gasteiger partial charge in [-0.1, -0.05) is 47.2 Å². The molecule has 1 N–H and O–H groups in total. The van der Waals surface area contributed by atoms with Crippen molar-refractivity contribution < 1.29 is 19.4 Å². The van der Waals surface area contributed by atoms with Crippen molar-refractivity contribution in [1.29, 1.82) is 0 Å². The molecule has 1 fully saturated rings. The molecule has 8 nitrogen and oxygen atoms in total. The first kappa shape index (κ1) is 30.9. The second-order valence-corrected chi connectivity index (χ2v) is 13.2. The molecule has 3 aromatic carbocycles. The maximum Gasteiger partial charge on any atom is 0.337 e. The molecule has 43 heavy (non-hydrogen) atoms. The van der Waals surface area contributed by atoms with Gasteiger partial charge in [-0.15, -0.1) is 0 Å². The summed E-state index contributed by atoms with van der Waals surface area (Å²) in [5.41, 5.74) is 6.43. The van der Waals surface area contributed by atoms with Crippen molar-refractivity contribution in [2.45, 2.75) is 52.4 Å². The van der Waals surface area contributed by atoms with Gasteiger partial charge in [0, 0.05) is 36.5 Å². The zero-order valence-corrected chi connectivity index (χ0v) is 26.9. The number of hydrogen-bond donors (Lipinski definition) is 1. The number of halogens is 1. The molecule has 0 spiro atoms. The number of carboxylic acids is 1. The Morgan fingerprint density at radius 2 is 1.93 bits per heavy atom. The van der Waals surface area contributed by atoms with Gasteiger partial charge in [-0.3, -0.25) is 5.01 Å². The second kappa shape index (κ2) is 12.2. The number of rotatable bonds is 8. The fourth-order valence-corrected chi connectivity index (χ4v) is 6.79. The highest BCUT2D eigenvalue weighted by Gasteiger charge is 2.33. The molecule has 226 valence electrons. The molecule has 1 saturated heterocycles. The van der Waals surface area contributed by atoms with E-state index in [1.165, 1.54) is 0 Å². The van der Waals surface area contributed by atoms with Gasteiger partial charge in [0.25, 0.3) is 0 Å². The van der Waals surface area contributed by atoms with E-state index in [0.717, 1.165) is 48.9 Å². The van der Waals surface area contributed by atoms with Gasteiger partial charge in [0.15, 0.2) is 11.2 Å². The minimum absolute atomic E-state index is 0.125. The fourth-order valence-electron chi connectivity index (χ4n) is 5.50. The maximum absolute atomic E-state index is 12.6. The van der Waals surface area contributed by atoms with Crippen LogP contribution in [0.3, 0.4) is 0 Å². The van der Waals surface area contributed by atoms with E-state index in [1.54, 1.807) is 16.3 Å². The zero-order valence-electron chi connectivity index (χ0n) is 25.3. The summed E-state index contributed by atoms with van der Waals surface area (Å²) in [7, 11) is 1.88. The normalized spacial score (nSPS) is 16.3. The number of fused-ring (bicyclic) bond motifs is 1. The van der Waals surface area contributed by atoms with Crippen molar-refractivity contribution in [2.75, 3.05) is 36.7 Å². The van der Waals surface area contributed by atoms with Crippen LogP contribution in [0.5, 0.6) is 0 Å². The van der Waals surface area contributed by atoms with Crippen LogP contribution in [0.2, 0.25) is 5.02 Å². The van der Waals surface area contributed by atoms with Crippen molar-refractivity contribution in [3.8, 4) is 11.1 Å². The highest BCUT2D eigenvalue weighted by Crippen LogP contribution is 2.45. The van der Waals surface area contributed by atoms with Gasteiger partial charge in [0.1, 0.15) is 6.10 Å². The van der Waals surface area contributed by atoms with Gasteiger partial charge < -0.3 is 19.5 Å². The molecule has 0 saturated carbocycles. The number of morpholine rings is 1. The van der Waals surface area contributed by atoms with Gasteiger partial charge >= 0.3 is 5.97 Å².